The van der Waals surface area contributed by atoms with Gasteiger partial charge in [-0.15, -0.1) is 0 Å². The van der Waals surface area contributed by atoms with Crippen molar-refractivity contribution in [3.63, 3.8) is 0 Å². The summed E-state index contributed by atoms with van der Waals surface area (Å²) >= 11 is 0. The van der Waals surface area contributed by atoms with Crippen LogP contribution in [0.25, 0.3) is 0 Å². The Kier molecular flexibility index (Phi) is 5.40. The molecule has 0 aliphatic carbocycles. The topological polar surface area (TPSA) is 38.3 Å². The number of hydrogen-bond acceptors (Lipinski definition) is 2. The number of amides is 1. The maximum atomic E-state index is 11.4. The molecule has 0 aromatic rings. The van der Waals surface area contributed by atoms with Gasteiger partial charge in [-0.25, -0.2) is 0 Å². The van der Waals surface area contributed by atoms with Crippen LogP contribution >= 0.6 is 0 Å². The van der Waals surface area contributed by atoms with Gasteiger partial charge in [-0.1, -0.05) is 12.5 Å². The summed E-state index contributed by atoms with van der Waals surface area (Å²) in [5, 5.41) is 2.92. The zero-order valence-electron chi connectivity index (χ0n) is 9.71. The third kappa shape index (κ3) is 4.98. The summed E-state index contributed by atoms with van der Waals surface area (Å²) < 4.78 is 5.35. The molecule has 3 nitrogen and oxygen atoms in total. The van der Waals surface area contributed by atoms with Crippen molar-refractivity contribution in [2.75, 3.05) is 19.8 Å². The van der Waals surface area contributed by atoms with Crippen molar-refractivity contribution in [3.05, 3.63) is 11.6 Å². The van der Waals surface area contributed by atoms with E-state index in [0.717, 1.165) is 44.6 Å². The SMILES string of the molecule is CC/C(C)=C/C(=O)NC[C@@H]1CCCOC1. The molecular weight excluding hydrogens is 190 g/mol. The summed E-state index contributed by atoms with van der Waals surface area (Å²) in [6.07, 6.45) is 4.89. The van der Waals surface area contributed by atoms with Gasteiger partial charge in [0.15, 0.2) is 0 Å². The third-order valence-electron chi connectivity index (χ3n) is 2.75. The molecule has 1 aliphatic heterocycles. The van der Waals surface area contributed by atoms with Crippen LogP contribution in [0, 0.1) is 5.92 Å². The Bertz CT molecular complexity index is 230. The van der Waals surface area contributed by atoms with Crippen LogP contribution < -0.4 is 5.32 Å². The summed E-state index contributed by atoms with van der Waals surface area (Å²) in [5.41, 5.74) is 1.12. The summed E-state index contributed by atoms with van der Waals surface area (Å²) in [5.74, 6) is 0.526. The normalized spacial score (nSPS) is 22.5. The minimum Gasteiger partial charge on any atom is -0.381 e. The number of ether oxygens (including phenoxy) is 1. The first-order chi connectivity index (χ1) is 7.22. The highest BCUT2D eigenvalue weighted by molar-refractivity contribution is 5.88. The van der Waals surface area contributed by atoms with Crippen molar-refractivity contribution in [3.8, 4) is 0 Å². The molecule has 0 aromatic carbocycles. The number of hydrogen-bond donors (Lipinski definition) is 1. The molecule has 0 saturated carbocycles. The fraction of sp³-hybridized carbons (Fsp3) is 0.750. The Labute approximate surface area is 91.9 Å². The van der Waals surface area contributed by atoms with Crippen LogP contribution in [-0.2, 0) is 9.53 Å². The summed E-state index contributed by atoms with van der Waals surface area (Å²) in [6, 6.07) is 0. The summed E-state index contributed by atoms with van der Waals surface area (Å²) in [4.78, 5) is 11.4. The van der Waals surface area contributed by atoms with Gasteiger partial charge in [-0.3, -0.25) is 4.79 Å². The maximum absolute atomic E-state index is 11.4. The van der Waals surface area contributed by atoms with Crippen molar-refractivity contribution < 1.29 is 9.53 Å². The van der Waals surface area contributed by atoms with Crippen molar-refractivity contribution in [1.82, 2.24) is 5.32 Å². The van der Waals surface area contributed by atoms with E-state index in [4.69, 9.17) is 4.74 Å². The van der Waals surface area contributed by atoms with E-state index in [-0.39, 0.29) is 5.91 Å². The molecule has 86 valence electrons. The molecule has 0 unspecified atom stereocenters. The van der Waals surface area contributed by atoms with Gasteiger partial charge >= 0.3 is 0 Å². The first-order valence-corrected chi connectivity index (χ1v) is 5.75. The minimum atomic E-state index is 0.0277. The standard InChI is InChI=1S/C12H21NO2/c1-3-10(2)7-12(14)13-8-11-5-4-6-15-9-11/h7,11H,3-6,8-9H2,1-2H3,(H,13,14)/b10-7+/t11-/m0/s1. The lowest BCUT2D eigenvalue weighted by molar-refractivity contribution is -0.116. The molecule has 0 aromatic heterocycles. The van der Waals surface area contributed by atoms with Crippen molar-refractivity contribution >= 4 is 5.91 Å². The monoisotopic (exact) mass is 211 g/mol. The Morgan fingerprint density at radius 3 is 3.00 bits per heavy atom. The number of carbonyl (C=O) groups excluding carboxylic acids is 1. The fourth-order valence-corrected chi connectivity index (χ4v) is 1.59. The Morgan fingerprint density at radius 2 is 2.40 bits per heavy atom. The number of rotatable bonds is 4. The lowest BCUT2D eigenvalue weighted by Gasteiger charge is -2.21. The molecule has 1 saturated heterocycles. The molecule has 0 radical (unpaired) electrons. The Hall–Kier alpha value is -0.830. The predicted molar refractivity (Wildman–Crippen MR) is 60.6 cm³/mol. The van der Waals surface area contributed by atoms with Crippen LogP contribution in [0.15, 0.2) is 11.6 Å². The van der Waals surface area contributed by atoms with Crippen LogP contribution in [0.1, 0.15) is 33.1 Å². The molecule has 15 heavy (non-hydrogen) atoms. The van der Waals surface area contributed by atoms with E-state index in [9.17, 15) is 4.79 Å². The predicted octanol–water partition coefficient (Wildman–Crippen LogP) is 1.89. The van der Waals surface area contributed by atoms with Gasteiger partial charge < -0.3 is 10.1 Å². The smallest absolute Gasteiger partial charge is 0.243 e. The molecule has 1 atom stereocenters. The second kappa shape index (κ2) is 6.62. The molecule has 0 spiro atoms. The molecule has 1 fully saturated rings. The first kappa shape index (κ1) is 12.2. The van der Waals surface area contributed by atoms with Crippen molar-refractivity contribution in [2.45, 2.75) is 33.1 Å². The lowest BCUT2D eigenvalue weighted by Crippen LogP contribution is -2.32. The van der Waals surface area contributed by atoms with Gasteiger partial charge in [0.25, 0.3) is 0 Å². The Balaban J connectivity index is 2.21. The van der Waals surface area contributed by atoms with E-state index in [1.54, 1.807) is 6.08 Å². The highest BCUT2D eigenvalue weighted by atomic mass is 16.5. The van der Waals surface area contributed by atoms with Crippen molar-refractivity contribution in [2.24, 2.45) is 5.92 Å². The van der Waals surface area contributed by atoms with Gasteiger partial charge in [-0.2, -0.15) is 0 Å². The van der Waals surface area contributed by atoms with Crippen molar-refractivity contribution in [1.29, 1.82) is 0 Å². The van der Waals surface area contributed by atoms with Gasteiger partial charge in [0, 0.05) is 19.2 Å². The quantitative estimate of drug-likeness (QED) is 0.721. The molecular formula is C12H21NO2. The van der Waals surface area contributed by atoms with E-state index in [0.29, 0.717) is 5.92 Å². The summed E-state index contributed by atoms with van der Waals surface area (Å²) in [6.45, 7) is 6.43. The van der Waals surface area contributed by atoms with E-state index < -0.39 is 0 Å². The molecule has 1 heterocycles. The highest BCUT2D eigenvalue weighted by Gasteiger charge is 2.13. The molecule has 0 bridgehead atoms. The average molecular weight is 211 g/mol. The Morgan fingerprint density at radius 1 is 1.60 bits per heavy atom. The van der Waals surface area contributed by atoms with Crippen LogP contribution in [0.3, 0.4) is 0 Å². The van der Waals surface area contributed by atoms with Crippen LogP contribution in [0.4, 0.5) is 0 Å². The van der Waals surface area contributed by atoms with E-state index >= 15 is 0 Å². The van der Waals surface area contributed by atoms with Gasteiger partial charge in [0.05, 0.1) is 6.61 Å². The van der Waals surface area contributed by atoms with Gasteiger partial charge in [0.1, 0.15) is 0 Å². The number of nitrogens with one attached hydrogen (secondary N) is 1. The van der Waals surface area contributed by atoms with Crippen LogP contribution in [0.5, 0.6) is 0 Å². The number of carbonyl (C=O) groups is 1. The van der Waals surface area contributed by atoms with E-state index in [1.165, 1.54) is 0 Å². The van der Waals surface area contributed by atoms with Crippen LogP contribution in [0.2, 0.25) is 0 Å². The van der Waals surface area contributed by atoms with E-state index in [2.05, 4.69) is 5.32 Å². The summed E-state index contributed by atoms with van der Waals surface area (Å²) in [7, 11) is 0. The fourth-order valence-electron chi connectivity index (χ4n) is 1.59. The lowest BCUT2D eigenvalue weighted by atomic mass is 10.0. The highest BCUT2D eigenvalue weighted by Crippen LogP contribution is 2.12. The van der Waals surface area contributed by atoms with Gasteiger partial charge in [0.2, 0.25) is 5.91 Å². The zero-order valence-corrected chi connectivity index (χ0v) is 9.71. The third-order valence-corrected chi connectivity index (χ3v) is 2.75. The van der Waals surface area contributed by atoms with E-state index in [1.807, 2.05) is 13.8 Å². The first-order valence-electron chi connectivity index (χ1n) is 5.75. The zero-order chi connectivity index (χ0) is 11.1. The van der Waals surface area contributed by atoms with Crippen LogP contribution in [-0.4, -0.2) is 25.7 Å². The van der Waals surface area contributed by atoms with Gasteiger partial charge in [-0.05, 0) is 32.1 Å². The minimum absolute atomic E-state index is 0.0277. The molecule has 1 rings (SSSR count). The molecule has 1 N–H and O–H groups in total. The molecule has 3 heteroatoms. The second-order valence-corrected chi connectivity index (χ2v) is 4.17. The number of allylic oxidation sites excluding steroid dienone is 1. The molecule has 1 aliphatic rings. The second-order valence-electron chi connectivity index (χ2n) is 4.17. The maximum Gasteiger partial charge on any atom is 0.243 e. The largest absolute Gasteiger partial charge is 0.381 e. The average Bonchev–Trinajstić information content (AvgIpc) is 2.27. The molecule has 1 amide bonds.